The van der Waals surface area contributed by atoms with Crippen LogP contribution in [0.4, 0.5) is 0 Å². The summed E-state index contributed by atoms with van der Waals surface area (Å²) in [5.41, 5.74) is 0.629. The molecule has 2 fully saturated rings. The largest absolute Gasteiger partial charge is 0.504 e. The van der Waals surface area contributed by atoms with Crippen LogP contribution in [0.25, 0.3) is 0 Å². The van der Waals surface area contributed by atoms with Crippen molar-refractivity contribution in [3.8, 4) is 11.5 Å². The molecule has 0 aromatic heterocycles. The van der Waals surface area contributed by atoms with Crippen molar-refractivity contribution in [3.05, 3.63) is 23.8 Å². The second-order valence-electron chi connectivity index (χ2n) is 7.93. The van der Waals surface area contributed by atoms with Crippen molar-refractivity contribution in [1.82, 2.24) is 0 Å². The lowest BCUT2D eigenvalue weighted by Crippen LogP contribution is -2.64. The smallest absolute Gasteiger partial charge is 0.187 e. The minimum atomic E-state index is -1.65. The summed E-state index contributed by atoms with van der Waals surface area (Å²) in [6.45, 7) is 0.851. The number of aliphatic hydroxyl groups excluding tert-OH is 6. The van der Waals surface area contributed by atoms with Crippen molar-refractivity contribution in [3.63, 3.8) is 0 Å². The molecule has 0 unspecified atom stereocenters. The normalized spacial score (nSPS) is 40.3. The van der Waals surface area contributed by atoms with Crippen molar-refractivity contribution >= 4 is 0 Å². The van der Waals surface area contributed by atoms with E-state index in [9.17, 15) is 40.9 Å². The third-order valence-corrected chi connectivity index (χ3v) is 5.64. The first-order valence-electron chi connectivity index (χ1n) is 10.2. The van der Waals surface area contributed by atoms with Crippen LogP contribution in [0.1, 0.15) is 12.5 Å². The fourth-order valence-electron chi connectivity index (χ4n) is 3.63. The van der Waals surface area contributed by atoms with Crippen LogP contribution in [-0.2, 0) is 25.4 Å². The molecule has 0 bridgehead atoms. The Balaban J connectivity index is 1.69. The van der Waals surface area contributed by atoms with Crippen molar-refractivity contribution in [2.45, 2.75) is 74.8 Å². The molecule has 8 N–H and O–H groups in total. The Morgan fingerprint density at radius 3 is 2.22 bits per heavy atom. The average Bonchev–Trinajstić information content (AvgIpc) is 2.77. The number of aromatic hydroxyl groups is 2. The number of hydrogen-bond donors (Lipinski definition) is 8. The van der Waals surface area contributed by atoms with Gasteiger partial charge in [0.25, 0.3) is 0 Å². The summed E-state index contributed by atoms with van der Waals surface area (Å²) in [7, 11) is 0. The lowest BCUT2D eigenvalue weighted by Gasteiger charge is -2.45. The predicted octanol–water partition coefficient (Wildman–Crippen LogP) is -2.69. The summed E-state index contributed by atoms with van der Waals surface area (Å²) in [5, 5.41) is 79.2. The van der Waals surface area contributed by atoms with E-state index in [4.69, 9.17) is 18.9 Å². The van der Waals surface area contributed by atoms with Crippen molar-refractivity contribution in [2.24, 2.45) is 0 Å². The Bertz CT molecular complexity index is 747. The highest BCUT2D eigenvalue weighted by Crippen LogP contribution is 2.30. The number of rotatable bonds is 7. The number of phenolic OH excluding ortho intramolecular Hbond substituents is 2. The van der Waals surface area contributed by atoms with Gasteiger partial charge in [0.15, 0.2) is 24.1 Å². The molecule has 0 amide bonds. The van der Waals surface area contributed by atoms with Crippen LogP contribution >= 0.6 is 0 Å². The van der Waals surface area contributed by atoms with Gasteiger partial charge < -0.3 is 59.8 Å². The first-order chi connectivity index (χ1) is 15.1. The van der Waals surface area contributed by atoms with Crippen molar-refractivity contribution in [2.75, 3.05) is 13.2 Å². The van der Waals surface area contributed by atoms with Crippen LogP contribution in [0.5, 0.6) is 11.5 Å². The third kappa shape index (κ3) is 5.31. The van der Waals surface area contributed by atoms with E-state index in [1.165, 1.54) is 19.1 Å². The maximum absolute atomic E-state index is 10.5. The van der Waals surface area contributed by atoms with Crippen LogP contribution in [0.15, 0.2) is 18.2 Å². The number of phenols is 2. The lowest BCUT2D eigenvalue weighted by atomic mass is 9.97. The number of aliphatic hydroxyl groups is 6. The topological polar surface area (TPSA) is 199 Å². The van der Waals surface area contributed by atoms with Gasteiger partial charge in [-0.3, -0.25) is 0 Å². The van der Waals surface area contributed by atoms with Gasteiger partial charge in [0.1, 0.15) is 42.7 Å². The number of hydrogen-bond acceptors (Lipinski definition) is 12. The highest BCUT2D eigenvalue weighted by molar-refractivity contribution is 5.40. The van der Waals surface area contributed by atoms with Gasteiger partial charge in [0.05, 0.1) is 19.3 Å². The molecule has 0 saturated carbocycles. The molecule has 2 aliphatic heterocycles. The summed E-state index contributed by atoms with van der Waals surface area (Å²) in [6.07, 6.45) is -13.6. The van der Waals surface area contributed by atoms with Crippen molar-refractivity contribution < 1.29 is 59.8 Å². The molecule has 1 aromatic carbocycles. The van der Waals surface area contributed by atoms with E-state index in [1.807, 2.05) is 0 Å². The maximum Gasteiger partial charge on any atom is 0.187 e. The SMILES string of the molecule is C[C@@H]1O[C@@H](O[C@H]2[C@H](OCCc3ccc(O)c(O)c3)O[C@H](CO)[C@@H](O)[C@@H]2O)[C@H](O)[C@H](O)[C@H]1O. The van der Waals surface area contributed by atoms with Gasteiger partial charge >= 0.3 is 0 Å². The van der Waals surface area contributed by atoms with Crippen LogP contribution < -0.4 is 0 Å². The standard InChI is InChI=1S/C20H30O12/c1-8-13(24)15(26)17(28)19(30-8)32-18-16(27)14(25)12(7-21)31-20(18)29-5-4-9-2-3-10(22)11(23)6-9/h2-3,6,8,12-28H,4-5,7H2,1H3/t8-,12+,13-,14+,15+,16-,17+,18+,19-,20+/m0/s1. The first-order valence-corrected chi connectivity index (χ1v) is 10.2. The van der Waals surface area contributed by atoms with Crippen LogP contribution in [0.2, 0.25) is 0 Å². The number of benzene rings is 1. The second-order valence-corrected chi connectivity index (χ2v) is 7.93. The fourth-order valence-corrected chi connectivity index (χ4v) is 3.63. The van der Waals surface area contributed by atoms with Crippen molar-refractivity contribution in [1.29, 1.82) is 0 Å². The van der Waals surface area contributed by atoms with Gasteiger partial charge in [-0.05, 0) is 31.0 Å². The minimum absolute atomic E-state index is 0.00151. The lowest BCUT2D eigenvalue weighted by molar-refractivity contribution is -0.364. The Morgan fingerprint density at radius 1 is 0.844 bits per heavy atom. The summed E-state index contributed by atoms with van der Waals surface area (Å²) in [6, 6.07) is 4.24. The van der Waals surface area contributed by atoms with Crippen LogP contribution in [0.3, 0.4) is 0 Å². The molecule has 2 saturated heterocycles. The van der Waals surface area contributed by atoms with Crippen LogP contribution in [0, 0.1) is 0 Å². The zero-order valence-electron chi connectivity index (χ0n) is 17.3. The third-order valence-electron chi connectivity index (χ3n) is 5.64. The highest BCUT2D eigenvalue weighted by atomic mass is 16.8. The maximum atomic E-state index is 10.5. The average molecular weight is 462 g/mol. The molecule has 2 heterocycles. The minimum Gasteiger partial charge on any atom is -0.504 e. The fraction of sp³-hybridized carbons (Fsp3) is 0.700. The van der Waals surface area contributed by atoms with Gasteiger partial charge in [0, 0.05) is 0 Å². The van der Waals surface area contributed by atoms with E-state index in [-0.39, 0.29) is 24.5 Å². The van der Waals surface area contributed by atoms with E-state index >= 15 is 0 Å². The predicted molar refractivity (Wildman–Crippen MR) is 104 cm³/mol. The molecule has 12 heteroatoms. The molecule has 12 nitrogen and oxygen atoms in total. The van der Waals surface area contributed by atoms with E-state index in [2.05, 4.69) is 0 Å². The zero-order chi connectivity index (χ0) is 23.6. The van der Waals surface area contributed by atoms with Gasteiger partial charge in [-0.25, -0.2) is 0 Å². The Kier molecular flexibility index (Phi) is 8.27. The van der Waals surface area contributed by atoms with E-state index in [0.29, 0.717) is 5.56 Å². The number of ether oxygens (including phenoxy) is 4. The zero-order valence-corrected chi connectivity index (χ0v) is 17.3. The first kappa shape index (κ1) is 25.1. The monoisotopic (exact) mass is 462 g/mol. The molecule has 2 aliphatic rings. The van der Waals surface area contributed by atoms with E-state index < -0.39 is 68.0 Å². The van der Waals surface area contributed by atoms with E-state index in [0.717, 1.165) is 0 Å². The summed E-state index contributed by atoms with van der Waals surface area (Å²) in [5.74, 6) is -0.566. The summed E-state index contributed by atoms with van der Waals surface area (Å²) in [4.78, 5) is 0. The Hall–Kier alpha value is -1.58. The molecule has 0 radical (unpaired) electrons. The molecular formula is C20H30O12. The van der Waals surface area contributed by atoms with Gasteiger partial charge in [0.2, 0.25) is 0 Å². The molecule has 3 rings (SSSR count). The van der Waals surface area contributed by atoms with Gasteiger partial charge in [-0.1, -0.05) is 6.07 Å². The van der Waals surface area contributed by atoms with Crippen LogP contribution in [-0.4, -0.2) is 115 Å². The molecule has 0 spiro atoms. The molecule has 32 heavy (non-hydrogen) atoms. The quantitative estimate of drug-likeness (QED) is 0.196. The summed E-state index contributed by atoms with van der Waals surface area (Å²) >= 11 is 0. The second kappa shape index (κ2) is 10.6. The summed E-state index contributed by atoms with van der Waals surface area (Å²) < 4.78 is 22.1. The Morgan fingerprint density at radius 2 is 1.56 bits per heavy atom. The molecule has 0 aliphatic carbocycles. The van der Waals surface area contributed by atoms with Gasteiger partial charge in [-0.2, -0.15) is 0 Å². The molecule has 1 aromatic rings. The molecular weight excluding hydrogens is 432 g/mol. The highest BCUT2D eigenvalue weighted by Gasteiger charge is 2.50. The molecule has 10 atom stereocenters. The Labute approximate surface area is 183 Å². The van der Waals surface area contributed by atoms with Gasteiger partial charge in [-0.15, -0.1) is 0 Å². The van der Waals surface area contributed by atoms with E-state index in [1.54, 1.807) is 6.07 Å². The molecule has 182 valence electrons.